The first-order valence-electron chi connectivity index (χ1n) is 5.46. The largest absolute Gasteiger partial charge is 0.353 e. The van der Waals surface area contributed by atoms with Crippen molar-refractivity contribution >= 4 is 23.3 Å². The van der Waals surface area contributed by atoms with Crippen LogP contribution in [-0.4, -0.2) is 17.4 Å². The summed E-state index contributed by atoms with van der Waals surface area (Å²) in [7, 11) is 0. The van der Waals surface area contributed by atoms with Gasteiger partial charge in [0.25, 0.3) is 0 Å². The third kappa shape index (κ3) is 5.07. The number of amides is 1. The lowest BCUT2D eigenvalue weighted by molar-refractivity contribution is -0.116. The van der Waals surface area contributed by atoms with E-state index in [0.29, 0.717) is 5.92 Å². The van der Waals surface area contributed by atoms with Crippen LogP contribution in [0.5, 0.6) is 0 Å². The highest BCUT2D eigenvalue weighted by atomic mass is 32.1. The molecule has 0 spiro atoms. The molecular formula is C12H18N2OS. The van der Waals surface area contributed by atoms with E-state index in [2.05, 4.69) is 24.1 Å². The minimum Gasteiger partial charge on any atom is -0.353 e. The molecule has 0 aliphatic carbocycles. The first-order valence-corrected chi connectivity index (χ1v) is 6.34. The number of hydrogen-bond acceptors (Lipinski definition) is 3. The molecular weight excluding hydrogens is 220 g/mol. The van der Waals surface area contributed by atoms with Gasteiger partial charge in [-0.3, -0.25) is 4.79 Å². The molecule has 0 fully saturated rings. The molecule has 0 aromatic carbocycles. The Morgan fingerprint density at radius 3 is 2.94 bits per heavy atom. The molecule has 0 saturated heterocycles. The molecule has 0 atom stereocenters. The maximum Gasteiger partial charge on any atom is 0.244 e. The summed E-state index contributed by atoms with van der Waals surface area (Å²) in [6, 6.07) is 0. The van der Waals surface area contributed by atoms with Crippen LogP contribution in [0.25, 0.3) is 6.08 Å². The number of nitrogens with one attached hydrogen (secondary N) is 1. The van der Waals surface area contributed by atoms with Crippen molar-refractivity contribution in [1.29, 1.82) is 0 Å². The summed E-state index contributed by atoms with van der Waals surface area (Å²) in [6.07, 6.45) is 4.29. The van der Waals surface area contributed by atoms with Gasteiger partial charge in [-0.15, -0.1) is 11.3 Å². The van der Waals surface area contributed by atoms with Crippen molar-refractivity contribution in [3.05, 3.63) is 22.2 Å². The Labute approximate surface area is 101 Å². The van der Waals surface area contributed by atoms with Crippen LogP contribution in [0, 0.1) is 12.8 Å². The van der Waals surface area contributed by atoms with E-state index in [9.17, 15) is 4.79 Å². The lowest BCUT2D eigenvalue weighted by atomic mass is 10.1. The number of carbonyl (C=O) groups excluding carboxylic acids is 1. The van der Waals surface area contributed by atoms with E-state index in [-0.39, 0.29) is 5.91 Å². The van der Waals surface area contributed by atoms with Gasteiger partial charge < -0.3 is 5.32 Å². The van der Waals surface area contributed by atoms with Gasteiger partial charge in [-0.05, 0) is 25.3 Å². The SMILES string of the molecule is Cc1nc(C=CC(=O)NCCC(C)C)cs1. The Bertz CT molecular complexity index is 369. The lowest BCUT2D eigenvalue weighted by Gasteiger charge is -2.04. The zero-order valence-corrected chi connectivity index (χ0v) is 10.8. The van der Waals surface area contributed by atoms with Gasteiger partial charge in [0.15, 0.2) is 0 Å². The zero-order chi connectivity index (χ0) is 12.0. The van der Waals surface area contributed by atoms with Crippen LogP contribution in [0.15, 0.2) is 11.5 Å². The third-order valence-electron chi connectivity index (χ3n) is 2.06. The second kappa shape index (κ2) is 6.43. The highest BCUT2D eigenvalue weighted by Gasteiger charge is 1.98. The Morgan fingerprint density at radius 1 is 1.62 bits per heavy atom. The fourth-order valence-electron chi connectivity index (χ4n) is 1.16. The predicted octanol–water partition coefficient (Wildman–Crippen LogP) is 2.63. The van der Waals surface area contributed by atoms with Crippen molar-refractivity contribution in [2.75, 3.05) is 6.54 Å². The lowest BCUT2D eigenvalue weighted by Crippen LogP contribution is -2.23. The molecule has 4 heteroatoms. The maximum atomic E-state index is 11.4. The van der Waals surface area contributed by atoms with Crippen LogP contribution in [-0.2, 0) is 4.79 Å². The van der Waals surface area contributed by atoms with Gasteiger partial charge >= 0.3 is 0 Å². The number of aromatic nitrogens is 1. The summed E-state index contributed by atoms with van der Waals surface area (Å²) in [5.74, 6) is 0.566. The van der Waals surface area contributed by atoms with E-state index in [4.69, 9.17) is 0 Å². The molecule has 1 aromatic rings. The molecule has 0 unspecified atom stereocenters. The number of thiazole rings is 1. The Hall–Kier alpha value is -1.16. The second-order valence-electron chi connectivity index (χ2n) is 4.10. The Morgan fingerprint density at radius 2 is 2.38 bits per heavy atom. The van der Waals surface area contributed by atoms with E-state index in [0.717, 1.165) is 23.7 Å². The Balaban J connectivity index is 2.31. The summed E-state index contributed by atoms with van der Waals surface area (Å²) in [6.45, 7) is 6.96. The molecule has 16 heavy (non-hydrogen) atoms. The highest BCUT2D eigenvalue weighted by molar-refractivity contribution is 7.09. The minimum absolute atomic E-state index is 0.0497. The van der Waals surface area contributed by atoms with E-state index >= 15 is 0 Å². The standard InChI is InChI=1S/C12H18N2OS/c1-9(2)6-7-13-12(15)5-4-11-8-16-10(3)14-11/h4-5,8-9H,6-7H2,1-3H3,(H,13,15). The molecule has 0 aliphatic heterocycles. The van der Waals surface area contributed by atoms with Crippen LogP contribution in [0.2, 0.25) is 0 Å². The average Bonchev–Trinajstić information content (AvgIpc) is 2.61. The topological polar surface area (TPSA) is 42.0 Å². The van der Waals surface area contributed by atoms with Crippen LogP contribution >= 0.6 is 11.3 Å². The molecule has 1 rings (SSSR count). The van der Waals surface area contributed by atoms with Crippen molar-refractivity contribution in [2.45, 2.75) is 27.2 Å². The molecule has 0 bridgehead atoms. The van der Waals surface area contributed by atoms with Gasteiger partial charge in [-0.25, -0.2) is 4.98 Å². The van der Waals surface area contributed by atoms with Crippen LogP contribution in [0.4, 0.5) is 0 Å². The molecule has 1 N–H and O–H groups in total. The normalized spacial score (nSPS) is 11.2. The number of hydrogen-bond donors (Lipinski definition) is 1. The van der Waals surface area contributed by atoms with Gasteiger partial charge in [0.2, 0.25) is 5.91 Å². The smallest absolute Gasteiger partial charge is 0.244 e. The van der Waals surface area contributed by atoms with Crippen molar-refractivity contribution in [3.8, 4) is 0 Å². The van der Waals surface area contributed by atoms with Crippen LogP contribution in [0.3, 0.4) is 0 Å². The van der Waals surface area contributed by atoms with Gasteiger partial charge in [-0.1, -0.05) is 13.8 Å². The average molecular weight is 238 g/mol. The maximum absolute atomic E-state index is 11.4. The van der Waals surface area contributed by atoms with E-state index in [1.165, 1.54) is 6.08 Å². The molecule has 3 nitrogen and oxygen atoms in total. The second-order valence-corrected chi connectivity index (χ2v) is 5.16. The number of aryl methyl sites for hydroxylation is 1. The fraction of sp³-hybridized carbons (Fsp3) is 0.500. The van der Waals surface area contributed by atoms with E-state index in [1.54, 1.807) is 17.4 Å². The first-order chi connectivity index (χ1) is 7.58. The molecule has 1 amide bonds. The number of rotatable bonds is 5. The monoisotopic (exact) mass is 238 g/mol. The molecule has 0 radical (unpaired) electrons. The number of nitrogens with zero attached hydrogens (tertiary/aromatic N) is 1. The fourth-order valence-corrected chi connectivity index (χ4v) is 1.74. The molecule has 1 heterocycles. The first kappa shape index (κ1) is 12.9. The van der Waals surface area contributed by atoms with Crippen LogP contribution < -0.4 is 5.32 Å². The van der Waals surface area contributed by atoms with Crippen molar-refractivity contribution in [2.24, 2.45) is 5.92 Å². The highest BCUT2D eigenvalue weighted by Crippen LogP contribution is 2.08. The molecule has 0 saturated carbocycles. The van der Waals surface area contributed by atoms with Gasteiger partial charge in [0.1, 0.15) is 0 Å². The van der Waals surface area contributed by atoms with Crippen molar-refractivity contribution < 1.29 is 4.79 Å². The summed E-state index contributed by atoms with van der Waals surface area (Å²) < 4.78 is 0. The van der Waals surface area contributed by atoms with Crippen molar-refractivity contribution in [1.82, 2.24) is 10.3 Å². The molecule has 88 valence electrons. The van der Waals surface area contributed by atoms with Gasteiger partial charge in [0.05, 0.1) is 10.7 Å². The Kier molecular flexibility index (Phi) is 5.19. The molecule has 0 aliphatic rings. The quantitative estimate of drug-likeness (QED) is 0.801. The summed E-state index contributed by atoms with van der Waals surface area (Å²) >= 11 is 1.58. The van der Waals surface area contributed by atoms with E-state index in [1.807, 2.05) is 12.3 Å². The zero-order valence-electron chi connectivity index (χ0n) is 9.99. The van der Waals surface area contributed by atoms with Gasteiger partial charge in [0, 0.05) is 18.0 Å². The van der Waals surface area contributed by atoms with Crippen molar-refractivity contribution in [3.63, 3.8) is 0 Å². The third-order valence-corrected chi connectivity index (χ3v) is 2.85. The summed E-state index contributed by atoms with van der Waals surface area (Å²) in [5, 5.41) is 5.79. The van der Waals surface area contributed by atoms with E-state index < -0.39 is 0 Å². The number of carbonyl (C=O) groups is 1. The van der Waals surface area contributed by atoms with Gasteiger partial charge in [-0.2, -0.15) is 0 Å². The summed E-state index contributed by atoms with van der Waals surface area (Å²) in [4.78, 5) is 15.6. The van der Waals surface area contributed by atoms with Crippen LogP contribution in [0.1, 0.15) is 31.0 Å². The predicted molar refractivity (Wildman–Crippen MR) is 68.3 cm³/mol. The minimum atomic E-state index is -0.0497. The summed E-state index contributed by atoms with van der Waals surface area (Å²) in [5.41, 5.74) is 0.849. The molecule has 1 aromatic heterocycles.